The molecule has 2 aromatic rings. The molecule has 1 unspecified atom stereocenters. The SMILES string of the molecule is NC1CCc2c(-c3ccc4c(c3)OCCO4)cccc21. The highest BCUT2D eigenvalue weighted by Gasteiger charge is 2.22. The van der Waals surface area contributed by atoms with Crippen LogP contribution in [-0.2, 0) is 6.42 Å². The molecule has 0 radical (unpaired) electrons. The quantitative estimate of drug-likeness (QED) is 0.863. The van der Waals surface area contributed by atoms with Gasteiger partial charge in [0.05, 0.1) is 0 Å². The van der Waals surface area contributed by atoms with E-state index in [2.05, 4.69) is 30.3 Å². The van der Waals surface area contributed by atoms with E-state index in [1.165, 1.54) is 22.3 Å². The van der Waals surface area contributed by atoms with Crippen molar-refractivity contribution in [3.05, 3.63) is 47.5 Å². The molecule has 0 bridgehead atoms. The van der Waals surface area contributed by atoms with Crippen molar-refractivity contribution in [1.82, 2.24) is 0 Å². The zero-order valence-electron chi connectivity index (χ0n) is 11.3. The van der Waals surface area contributed by atoms with Crippen LogP contribution < -0.4 is 15.2 Å². The molecule has 0 saturated heterocycles. The van der Waals surface area contributed by atoms with Crippen LogP contribution in [0, 0.1) is 0 Å². The van der Waals surface area contributed by atoms with Gasteiger partial charge in [-0.3, -0.25) is 0 Å². The van der Waals surface area contributed by atoms with Gasteiger partial charge in [-0.25, -0.2) is 0 Å². The lowest BCUT2D eigenvalue weighted by Gasteiger charge is -2.19. The summed E-state index contributed by atoms with van der Waals surface area (Å²) in [5.74, 6) is 1.68. The molecule has 0 fully saturated rings. The standard InChI is InChI=1S/C17H17NO2/c18-15-6-5-13-12(2-1-3-14(13)15)11-4-7-16-17(10-11)20-9-8-19-16/h1-4,7,10,15H,5-6,8-9,18H2. The van der Waals surface area contributed by atoms with E-state index in [0.29, 0.717) is 13.2 Å². The Morgan fingerprint density at radius 2 is 1.85 bits per heavy atom. The van der Waals surface area contributed by atoms with Crippen molar-refractivity contribution in [3.8, 4) is 22.6 Å². The molecular weight excluding hydrogens is 250 g/mol. The molecule has 1 aliphatic carbocycles. The summed E-state index contributed by atoms with van der Waals surface area (Å²) >= 11 is 0. The fourth-order valence-corrected chi connectivity index (χ4v) is 3.17. The van der Waals surface area contributed by atoms with Crippen LogP contribution >= 0.6 is 0 Å². The molecule has 3 nitrogen and oxygen atoms in total. The van der Waals surface area contributed by atoms with Crippen LogP contribution in [0.3, 0.4) is 0 Å². The first kappa shape index (κ1) is 11.8. The average Bonchev–Trinajstić information content (AvgIpc) is 2.88. The van der Waals surface area contributed by atoms with Gasteiger partial charge in [0.25, 0.3) is 0 Å². The second-order valence-corrected chi connectivity index (χ2v) is 5.38. The lowest BCUT2D eigenvalue weighted by molar-refractivity contribution is 0.171. The lowest BCUT2D eigenvalue weighted by Crippen LogP contribution is -2.15. The van der Waals surface area contributed by atoms with Crippen LogP contribution in [-0.4, -0.2) is 13.2 Å². The highest BCUT2D eigenvalue weighted by Crippen LogP contribution is 2.39. The number of ether oxygens (including phenoxy) is 2. The minimum absolute atomic E-state index is 0.183. The summed E-state index contributed by atoms with van der Waals surface area (Å²) in [7, 11) is 0. The largest absolute Gasteiger partial charge is 0.486 e. The van der Waals surface area contributed by atoms with Crippen molar-refractivity contribution >= 4 is 0 Å². The Labute approximate surface area is 118 Å². The van der Waals surface area contributed by atoms with Gasteiger partial charge in [-0.15, -0.1) is 0 Å². The molecule has 0 amide bonds. The summed E-state index contributed by atoms with van der Waals surface area (Å²) < 4.78 is 11.3. The molecule has 2 N–H and O–H groups in total. The van der Waals surface area contributed by atoms with Gasteiger partial charge in [-0.05, 0) is 47.2 Å². The van der Waals surface area contributed by atoms with Gasteiger partial charge in [-0.1, -0.05) is 24.3 Å². The molecule has 4 rings (SSSR count). The third-order valence-electron chi connectivity index (χ3n) is 4.17. The van der Waals surface area contributed by atoms with Crippen molar-refractivity contribution in [2.45, 2.75) is 18.9 Å². The average molecular weight is 267 g/mol. The van der Waals surface area contributed by atoms with E-state index >= 15 is 0 Å². The molecule has 20 heavy (non-hydrogen) atoms. The Bertz CT molecular complexity index is 666. The fourth-order valence-electron chi connectivity index (χ4n) is 3.17. The Morgan fingerprint density at radius 1 is 1.00 bits per heavy atom. The lowest BCUT2D eigenvalue weighted by atomic mass is 9.96. The summed E-state index contributed by atoms with van der Waals surface area (Å²) in [6.45, 7) is 1.25. The van der Waals surface area contributed by atoms with Crippen LogP contribution in [0.5, 0.6) is 11.5 Å². The van der Waals surface area contributed by atoms with Crippen molar-refractivity contribution in [3.63, 3.8) is 0 Å². The molecule has 3 heteroatoms. The number of hydrogen-bond acceptors (Lipinski definition) is 3. The molecule has 2 aromatic carbocycles. The second kappa shape index (κ2) is 4.53. The Balaban J connectivity index is 1.82. The fraction of sp³-hybridized carbons (Fsp3) is 0.294. The third kappa shape index (κ3) is 1.78. The van der Waals surface area contributed by atoms with Crippen LogP contribution in [0.4, 0.5) is 0 Å². The molecule has 0 spiro atoms. The number of rotatable bonds is 1. The number of benzene rings is 2. The minimum Gasteiger partial charge on any atom is -0.486 e. The van der Waals surface area contributed by atoms with Crippen molar-refractivity contribution < 1.29 is 9.47 Å². The number of hydrogen-bond donors (Lipinski definition) is 1. The summed E-state index contributed by atoms with van der Waals surface area (Å²) in [5, 5.41) is 0. The monoisotopic (exact) mass is 267 g/mol. The van der Waals surface area contributed by atoms with Crippen molar-refractivity contribution in [2.24, 2.45) is 5.73 Å². The van der Waals surface area contributed by atoms with Crippen LogP contribution in [0.1, 0.15) is 23.6 Å². The zero-order valence-corrected chi connectivity index (χ0v) is 11.3. The van der Waals surface area contributed by atoms with E-state index in [0.717, 1.165) is 24.3 Å². The summed E-state index contributed by atoms with van der Waals surface area (Å²) in [6, 6.07) is 12.8. The number of nitrogens with two attached hydrogens (primary N) is 1. The summed E-state index contributed by atoms with van der Waals surface area (Å²) in [5.41, 5.74) is 11.3. The zero-order chi connectivity index (χ0) is 13.5. The maximum Gasteiger partial charge on any atom is 0.161 e. The van der Waals surface area contributed by atoms with Gasteiger partial charge >= 0.3 is 0 Å². The molecule has 1 atom stereocenters. The predicted molar refractivity (Wildman–Crippen MR) is 78.1 cm³/mol. The first-order valence-corrected chi connectivity index (χ1v) is 7.10. The first-order valence-electron chi connectivity index (χ1n) is 7.10. The minimum atomic E-state index is 0.183. The molecule has 2 aliphatic rings. The van der Waals surface area contributed by atoms with E-state index in [9.17, 15) is 0 Å². The van der Waals surface area contributed by atoms with Gasteiger partial charge < -0.3 is 15.2 Å². The highest BCUT2D eigenvalue weighted by atomic mass is 16.6. The number of fused-ring (bicyclic) bond motifs is 2. The molecule has 102 valence electrons. The summed E-state index contributed by atoms with van der Waals surface area (Å²) in [6.07, 6.45) is 2.10. The van der Waals surface area contributed by atoms with E-state index in [4.69, 9.17) is 15.2 Å². The van der Waals surface area contributed by atoms with Crippen molar-refractivity contribution in [2.75, 3.05) is 13.2 Å². The Morgan fingerprint density at radius 3 is 2.75 bits per heavy atom. The first-order chi connectivity index (χ1) is 9.83. The van der Waals surface area contributed by atoms with Crippen LogP contribution in [0.25, 0.3) is 11.1 Å². The Hall–Kier alpha value is -2.00. The third-order valence-corrected chi connectivity index (χ3v) is 4.17. The molecular formula is C17H17NO2. The van der Waals surface area contributed by atoms with Gasteiger partial charge in [-0.2, -0.15) is 0 Å². The topological polar surface area (TPSA) is 44.5 Å². The van der Waals surface area contributed by atoms with Crippen LogP contribution in [0.15, 0.2) is 36.4 Å². The van der Waals surface area contributed by atoms with Gasteiger partial charge in [0.1, 0.15) is 13.2 Å². The van der Waals surface area contributed by atoms with Gasteiger partial charge in [0.15, 0.2) is 11.5 Å². The predicted octanol–water partition coefficient (Wildman–Crippen LogP) is 3.07. The van der Waals surface area contributed by atoms with E-state index in [-0.39, 0.29) is 6.04 Å². The van der Waals surface area contributed by atoms with E-state index in [1.807, 2.05) is 6.07 Å². The molecule has 1 aliphatic heterocycles. The van der Waals surface area contributed by atoms with Crippen molar-refractivity contribution in [1.29, 1.82) is 0 Å². The van der Waals surface area contributed by atoms with Gasteiger partial charge in [0.2, 0.25) is 0 Å². The summed E-state index contributed by atoms with van der Waals surface area (Å²) in [4.78, 5) is 0. The highest BCUT2D eigenvalue weighted by molar-refractivity contribution is 5.72. The second-order valence-electron chi connectivity index (χ2n) is 5.38. The molecule has 1 heterocycles. The molecule has 0 saturated carbocycles. The smallest absolute Gasteiger partial charge is 0.161 e. The Kier molecular flexibility index (Phi) is 2.67. The normalized spacial score (nSPS) is 19.8. The maximum atomic E-state index is 6.16. The molecule has 0 aromatic heterocycles. The maximum absolute atomic E-state index is 6.16. The van der Waals surface area contributed by atoms with E-state index in [1.54, 1.807) is 0 Å². The van der Waals surface area contributed by atoms with Gasteiger partial charge in [0, 0.05) is 6.04 Å². The van der Waals surface area contributed by atoms with E-state index < -0.39 is 0 Å². The van der Waals surface area contributed by atoms with Crippen LogP contribution in [0.2, 0.25) is 0 Å².